The average molecular weight is 267 g/mol. The third-order valence-corrected chi connectivity index (χ3v) is 3.25. The van der Waals surface area contributed by atoms with Crippen LogP contribution in [-0.4, -0.2) is 46.6 Å². The van der Waals surface area contributed by atoms with Crippen LogP contribution in [0.1, 0.15) is 16.7 Å². The molecule has 0 aliphatic carbocycles. The predicted octanol–water partition coefficient (Wildman–Crippen LogP) is -0.322. The summed E-state index contributed by atoms with van der Waals surface area (Å²) in [5, 5.41) is 29.9. The Labute approximate surface area is 112 Å². The van der Waals surface area contributed by atoms with Crippen molar-refractivity contribution in [3.05, 3.63) is 34.9 Å². The highest BCUT2D eigenvalue weighted by Crippen LogP contribution is 2.11. The number of amides is 1. The van der Waals surface area contributed by atoms with E-state index in [1.807, 2.05) is 32.0 Å². The lowest BCUT2D eigenvalue weighted by Gasteiger charge is -2.28. The first-order valence-corrected chi connectivity index (χ1v) is 6.16. The Balaban J connectivity index is 2.71. The van der Waals surface area contributed by atoms with Crippen molar-refractivity contribution in [1.29, 1.82) is 0 Å². The Hall–Kier alpha value is -1.43. The minimum atomic E-state index is -1.36. The van der Waals surface area contributed by atoms with Crippen LogP contribution in [0.2, 0.25) is 0 Å². The zero-order chi connectivity index (χ0) is 14.5. The number of nitrogens with one attached hydrogen (secondary N) is 1. The van der Waals surface area contributed by atoms with Crippen LogP contribution in [0.5, 0.6) is 0 Å². The van der Waals surface area contributed by atoms with E-state index in [0.717, 1.165) is 16.7 Å². The number of hydrogen-bond acceptors (Lipinski definition) is 4. The highest BCUT2D eigenvalue weighted by atomic mass is 16.3. The van der Waals surface area contributed by atoms with Gasteiger partial charge < -0.3 is 20.6 Å². The number of aryl methyl sites for hydroxylation is 2. The van der Waals surface area contributed by atoms with E-state index >= 15 is 0 Å². The van der Waals surface area contributed by atoms with Crippen molar-refractivity contribution in [2.75, 3.05) is 19.8 Å². The molecule has 1 aromatic rings. The Bertz CT molecular complexity index is 433. The quantitative estimate of drug-likeness (QED) is 0.568. The van der Waals surface area contributed by atoms with E-state index in [1.54, 1.807) is 0 Å². The molecular formula is C14H21NO4. The number of carbonyl (C=O) groups excluding carboxylic acids is 1. The first-order chi connectivity index (χ1) is 8.96. The van der Waals surface area contributed by atoms with E-state index in [2.05, 4.69) is 5.32 Å². The monoisotopic (exact) mass is 267 g/mol. The van der Waals surface area contributed by atoms with Crippen LogP contribution in [0.15, 0.2) is 18.2 Å². The third-order valence-electron chi connectivity index (χ3n) is 3.25. The van der Waals surface area contributed by atoms with Crippen LogP contribution in [0.25, 0.3) is 0 Å². The molecule has 0 radical (unpaired) electrons. The summed E-state index contributed by atoms with van der Waals surface area (Å²) in [5.74, 6) is -0.347. The van der Waals surface area contributed by atoms with E-state index in [1.165, 1.54) is 0 Å². The van der Waals surface area contributed by atoms with E-state index in [0.29, 0.717) is 0 Å². The van der Waals surface area contributed by atoms with Gasteiger partial charge in [-0.1, -0.05) is 18.2 Å². The van der Waals surface area contributed by atoms with Crippen LogP contribution < -0.4 is 5.32 Å². The highest BCUT2D eigenvalue weighted by Gasteiger charge is 2.29. The van der Waals surface area contributed by atoms with Crippen molar-refractivity contribution in [2.45, 2.75) is 25.8 Å². The van der Waals surface area contributed by atoms with Crippen molar-refractivity contribution in [1.82, 2.24) is 5.32 Å². The van der Waals surface area contributed by atoms with Gasteiger partial charge in [0.1, 0.15) is 5.54 Å². The minimum absolute atomic E-state index is 0.142. The number of aliphatic hydroxyl groups excluding tert-OH is 3. The van der Waals surface area contributed by atoms with Crippen molar-refractivity contribution in [2.24, 2.45) is 0 Å². The molecule has 0 heterocycles. The van der Waals surface area contributed by atoms with Gasteiger partial charge in [-0.25, -0.2) is 0 Å². The number of carbonyl (C=O) groups is 1. The topological polar surface area (TPSA) is 89.8 Å². The molecule has 5 heteroatoms. The molecule has 1 aromatic carbocycles. The SMILES string of the molecule is Cc1ccc(CC(=O)NC(CO)(CO)CO)cc1C. The van der Waals surface area contributed by atoms with Crippen molar-refractivity contribution >= 4 is 5.91 Å². The van der Waals surface area contributed by atoms with E-state index in [9.17, 15) is 4.79 Å². The maximum absolute atomic E-state index is 11.9. The summed E-state index contributed by atoms with van der Waals surface area (Å²) in [7, 11) is 0. The molecule has 0 saturated carbocycles. The molecule has 0 unspecified atom stereocenters. The molecule has 0 bridgehead atoms. The second kappa shape index (κ2) is 6.65. The Morgan fingerprint density at radius 2 is 1.68 bits per heavy atom. The molecule has 0 saturated heterocycles. The van der Waals surface area contributed by atoms with Gasteiger partial charge in [0.25, 0.3) is 0 Å². The molecule has 0 spiro atoms. The van der Waals surface area contributed by atoms with Crippen LogP contribution in [0.4, 0.5) is 0 Å². The van der Waals surface area contributed by atoms with Crippen molar-refractivity contribution in [3.63, 3.8) is 0 Å². The summed E-state index contributed by atoms with van der Waals surface area (Å²) in [4.78, 5) is 11.9. The smallest absolute Gasteiger partial charge is 0.225 e. The molecular weight excluding hydrogens is 246 g/mol. The molecule has 0 aliphatic rings. The van der Waals surface area contributed by atoms with Crippen LogP contribution in [0.3, 0.4) is 0 Å². The van der Waals surface area contributed by atoms with Gasteiger partial charge in [0, 0.05) is 0 Å². The molecule has 0 fully saturated rings. The number of aliphatic hydroxyl groups is 3. The normalized spacial score (nSPS) is 11.4. The lowest BCUT2D eigenvalue weighted by Crippen LogP contribution is -2.57. The lowest BCUT2D eigenvalue weighted by molar-refractivity contribution is -0.124. The average Bonchev–Trinajstić information content (AvgIpc) is 2.40. The van der Waals surface area contributed by atoms with Crippen molar-refractivity contribution < 1.29 is 20.1 Å². The Morgan fingerprint density at radius 1 is 1.11 bits per heavy atom. The van der Waals surface area contributed by atoms with Crippen molar-refractivity contribution in [3.8, 4) is 0 Å². The van der Waals surface area contributed by atoms with Gasteiger partial charge >= 0.3 is 0 Å². The lowest BCUT2D eigenvalue weighted by atomic mass is 10.0. The van der Waals surface area contributed by atoms with Crippen LogP contribution in [-0.2, 0) is 11.2 Å². The maximum atomic E-state index is 11.9. The van der Waals surface area contributed by atoms with E-state index in [4.69, 9.17) is 15.3 Å². The van der Waals surface area contributed by atoms with Gasteiger partial charge in [-0.15, -0.1) is 0 Å². The summed E-state index contributed by atoms with van der Waals surface area (Å²) in [6, 6.07) is 5.73. The van der Waals surface area contributed by atoms with Gasteiger partial charge in [-0.05, 0) is 30.5 Å². The Morgan fingerprint density at radius 3 is 2.16 bits per heavy atom. The first-order valence-electron chi connectivity index (χ1n) is 6.16. The zero-order valence-electron chi connectivity index (χ0n) is 11.3. The molecule has 1 rings (SSSR count). The standard InChI is InChI=1S/C14H21NO4/c1-10-3-4-12(5-11(10)2)6-13(19)15-14(7-16,8-17)9-18/h3-5,16-18H,6-9H2,1-2H3,(H,15,19). The second-order valence-corrected chi connectivity index (χ2v) is 4.90. The number of hydrogen-bond donors (Lipinski definition) is 4. The molecule has 5 nitrogen and oxygen atoms in total. The highest BCUT2D eigenvalue weighted by molar-refractivity contribution is 5.79. The molecule has 1 amide bonds. The van der Waals surface area contributed by atoms with Crippen LogP contribution >= 0.6 is 0 Å². The van der Waals surface area contributed by atoms with Crippen LogP contribution in [0, 0.1) is 13.8 Å². The fourth-order valence-corrected chi connectivity index (χ4v) is 1.71. The van der Waals surface area contributed by atoms with Gasteiger partial charge in [-0.2, -0.15) is 0 Å². The first kappa shape index (κ1) is 15.6. The fourth-order valence-electron chi connectivity index (χ4n) is 1.71. The molecule has 106 valence electrons. The zero-order valence-corrected chi connectivity index (χ0v) is 11.3. The predicted molar refractivity (Wildman–Crippen MR) is 71.8 cm³/mol. The third kappa shape index (κ3) is 4.02. The summed E-state index contributed by atoms with van der Waals surface area (Å²) < 4.78 is 0. The molecule has 0 aliphatic heterocycles. The van der Waals surface area contributed by atoms with E-state index < -0.39 is 25.4 Å². The van der Waals surface area contributed by atoms with Gasteiger partial charge in [-0.3, -0.25) is 4.79 Å². The largest absolute Gasteiger partial charge is 0.394 e. The summed E-state index contributed by atoms with van der Waals surface area (Å²) in [6.07, 6.45) is 0.142. The van der Waals surface area contributed by atoms with Gasteiger partial charge in [0.05, 0.1) is 26.2 Å². The summed E-state index contributed by atoms with van der Waals surface area (Å²) in [5.41, 5.74) is 1.74. The molecule has 0 aromatic heterocycles. The summed E-state index contributed by atoms with van der Waals surface area (Å²) >= 11 is 0. The number of benzene rings is 1. The Kier molecular flexibility index (Phi) is 5.47. The van der Waals surface area contributed by atoms with Gasteiger partial charge in [0.2, 0.25) is 5.91 Å². The molecule has 0 atom stereocenters. The number of rotatable bonds is 6. The maximum Gasteiger partial charge on any atom is 0.225 e. The van der Waals surface area contributed by atoms with Gasteiger partial charge in [0.15, 0.2) is 0 Å². The fraction of sp³-hybridized carbons (Fsp3) is 0.500. The molecule has 4 N–H and O–H groups in total. The second-order valence-electron chi connectivity index (χ2n) is 4.90. The molecule has 19 heavy (non-hydrogen) atoms. The minimum Gasteiger partial charge on any atom is -0.394 e. The van der Waals surface area contributed by atoms with E-state index in [-0.39, 0.29) is 12.3 Å². The summed E-state index contributed by atoms with van der Waals surface area (Å²) in [6.45, 7) is 2.42.